The van der Waals surface area contributed by atoms with Gasteiger partial charge in [0.2, 0.25) is 0 Å². The number of aryl methyl sites for hydroxylation is 1. The summed E-state index contributed by atoms with van der Waals surface area (Å²) < 4.78 is 10.1. The number of morpholine rings is 1. The SMILES string of the molecule is C[C@@H]1COCCN1c1cc(-c2ccnn2C)c2ncc(Br)n2n1. The van der Waals surface area contributed by atoms with Gasteiger partial charge in [-0.05, 0) is 35.0 Å². The highest BCUT2D eigenvalue weighted by Crippen LogP contribution is 2.29. The molecule has 1 fully saturated rings. The summed E-state index contributed by atoms with van der Waals surface area (Å²) in [6, 6.07) is 4.37. The summed E-state index contributed by atoms with van der Waals surface area (Å²) in [5, 5.41) is 9.03. The molecular formula is C15H17BrN6O. The van der Waals surface area contributed by atoms with Crippen molar-refractivity contribution in [2.75, 3.05) is 24.7 Å². The van der Waals surface area contributed by atoms with Crippen LogP contribution in [-0.4, -0.2) is 50.2 Å². The minimum atomic E-state index is 0.287. The molecule has 0 radical (unpaired) electrons. The van der Waals surface area contributed by atoms with Gasteiger partial charge in [0.25, 0.3) is 0 Å². The number of halogens is 1. The number of imidazole rings is 1. The number of anilines is 1. The van der Waals surface area contributed by atoms with Crippen molar-refractivity contribution in [2.24, 2.45) is 7.05 Å². The van der Waals surface area contributed by atoms with Gasteiger partial charge in [0.15, 0.2) is 11.5 Å². The molecule has 3 aromatic heterocycles. The van der Waals surface area contributed by atoms with Gasteiger partial charge in [0.1, 0.15) is 4.60 Å². The minimum absolute atomic E-state index is 0.287. The first-order chi connectivity index (χ1) is 11.1. The summed E-state index contributed by atoms with van der Waals surface area (Å²) >= 11 is 3.53. The Labute approximate surface area is 142 Å². The standard InChI is InChI=1S/C15H17BrN6O/c1-10-9-23-6-5-21(10)14-7-11(12-3-4-18-20(12)2)15-17-8-13(16)22(15)19-14/h3-4,7-8,10H,5-6,9H2,1-2H3/t10-/m1/s1. The van der Waals surface area contributed by atoms with Crippen LogP contribution >= 0.6 is 15.9 Å². The van der Waals surface area contributed by atoms with Gasteiger partial charge in [0, 0.05) is 25.4 Å². The number of rotatable bonds is 2. The van der Waals surface area contributed by atoms with Crippen molar-refractivity contribution in [3.8, 4) is 11.3 Å². The maximum absolute atomic E-state index is 5.54. The monoisotopic (exact) mass is 376 g/mol. The van der Waals surface area contributed by atoms with Gasteiger partial charge >= 0.3 is 0 Å². The van der Waals surface area contributed by atoms with E-state index >= 15 is 0 Å². The van der Waals surface area contributed by atoms with E-state index in [1.54, 1.807) is 12.4 Å². The fraction of sp³-hybridized carbons (Fsp3) is 0.400. The zero-order valence-corrected chi connectivity index (χ0v) is 14.6. The maximum Gasteiger partial charge on any atom is 0.164 e. The molecule has 8 heteroatoms. The van der Waals surface area contributed by atoms with Gasteiger partial charge < -0.3 is 9.64 Å². The van der Waals surface area contributed by atoms with Crippen LogP contribution in [0.5, 0.6) is 0 Å². The van der Waals surface area contributed by atoms with E-state index in [-0.39, 0.29) is 6.04 Å². The molecule has 4 rings (SSSR count). The molecule has 0 spiro atoms. The zero-order chi connectivity index (χ0) is 16.0. The molecule has 120 valence electrons. The Morgan fingerprint density at radius 3 is 3.00 bits per heavy atom. The Morgan fingerprint density at radius 2 is 2.26 bits per heavy atom. The minimum Gasteiger partial charge on any atom is -0.377 e. The third-order valence-corrected chi connectivity index (χ3v) is 4.71. The number of hydrogen-bond acceptors (Lipinski definition) is 5. The molecule has 23 heavy (non-hydrogen) atoms. The second kappa shape index (κ2) is 5.61. The van der Waals surface area contributed by atoms with Crippen LogP contribution in [0.1, 0.15) is 6.92 Å². The number of ether oxygens (including phenoxy) is 1. The predicted octanol–water partition coefficient (Wildman–Crippen LogP) is 2.12. The molecule has 1 atom stereocenters. The molecule has 7 nitrogen and oxygen atoms in total. The maximum atomic E-state index is 5.54. The molecule has 1 saturated heterocycles. The van der Waals surface area contributed by atoms with Crippen molar-refractivity contribution in [1.29, 1.82) is 0 Å². The average Bonchev–Trinajstić information content (AvgIpc) is 3.14. The van der Waals surface area contributed by atoms with Crippen LogP contribution in [0.15, 0.2) is 29.1 Å². The third kappa shape index (κ3) is 2.42. The largest absolute Gasteiger partial charge is 0.377 e. The van der Waals surface area contributed by atoms with Crippen molar-refractivity contribution in [3.63, 3.8) is 0 Å². The Kier molecular flexibility index (Phi) is 3.57. The van der Waals surface area contributed by atoms with E-state index < -0.39 is 0 Å². The molecule has 0 N–H and O–H groups in total. The van der Waals surface area contributed by atoms with E-state index in [0.717, 1.165) is 40.5 Å². The lowest BCUT2D eigenvalue weighted by molar-refractivity contribution is 0.0984. The van der Waals surface area contributed by atoms with Gasteiger partial charge in [-0.25, -0.2) is 9.50 Å². The first-order valence-corrected chi connectivity index (χ1v) is 8.31. The molecule has 0 unspecified atom stereocenters. The van der Waals surface area contributed by atoms with Gasteiger partial charge in [0.05, 0.1) is 31.1 Å². The molecular weight excluding hydrogens is 360 g/mol. The quantitative estimate of drug-likeness (QED) is 0.685. The summed E-state index contributed by atoms with van der Waals surface area (Å²) in [6.07, 6.45) is 3.57. The third-order valence-electron chi connectivity index (χ3n) is 4.17. The van der Waals surface area contributed by atoms with Gasteiger partial charge in [-0.1, -0.05) is 0 Å². The predicted molar refractivity (Wildman–Crippen MR) is 90.5 cm³/mol. The van der Waals surface area contributed by atoms with Gasteiger partial charge in [-0.2, -0.15) is 5.10 Å². The zero-order valence-electron chi connectivity index (χ0n) is 13.0. The lowest BCUT2D eigenvalue weighted by Crippen LogP contribution is -2.44. The Balaban J connectivity index is 1.93. The summed E-state index contributed by atoms with van der Waals surface area (Å²) in [4.78, 5) is 6.76. The molecule has 4 heterocycles. The van der Waals surface area contributed by atoms with E-state index in [0.29, 0.717) is 6.61 Å². The van der Waals surface area contributed by atoms with Crippen LogP contribution in [0.4, 0.5) is 5.82 Å². The Bertz CT molecular complexity index is 857. The van der Waals surface area contributed by atoms with Crippen LogP contribution in [0, 0.1) is 0 Å². The number of nitrogens with zero attached hydrogens (tertiary/aromatic N) is 6. The molecule has 0 aromatic carbocycles. The van der Waals surface area contributed by atoms with E-state index in [2.05, 4.69) is 43.9 Å². The van der Waals surface area contributed by atoms with E-state index in [9.17, 15) is 0 Å². The highest BCUT2D eigenvalue weighted by atomic mass is 79.9. The van der Waals surface area contributed by atoms with Crippen molar-refractivity contribution in [1.82, 2.24) is 24.4 Å². The topological polar surface area (TPSA) is 60.5 Å². The smallest absolute Gasteiger partial charge is 0.164 e. The summed E-state index contributed by atoms with van der Waals surface area (Å²) in [5.74, 6) is 0.920. The van der Waals surface area contributed by atoms with Crippen LogP contribution < -0.4 is 4.90 Å². The second-order valence-corrected chi connectivity index (χ2v) is 6.50. The highest BCUT2D eigenvalue weighted by Gasteiger charge is 2.23. The Hall–Kier alpha value is -1.93. The summed E-state index contributed by atoms with van der Waals surface area (Å²) in [7, 11) is 1.93. The normalized spacial score (nSPS) is 18.7. The van der Waals surface area contributed by atoms with Gasteiger partial charge in [-0.15, -0.1) is 5.10 Å². The van der Waals surface area contributed by atoms with E-state index in [1.807, 2.05) is 22.3 Å². The molecule has 0 aliphatic carbocycles. The van der Waals surface area contributed by atoms with Crippen LogP contribution in [0.2, 0.25) is 0 Å². The second-order valence-electron chi connectivity index (χ2n) is 5.69. The van der Waals surface area contributed by atoms with Crippen LogP contribution in [-0.2, 0) is 11.8 Å². The molecule has 1 aliphatic heterocycles. The van der Waals surface area contributed by atoms with Gasteiger partial charge in [-0.3, -0.25) is 4.68 Å². The fourth-order valence-electron chi connectivity index (χ4n) is 2.96. The number of hydrogen-bond donors (Lipinski definition) is 0. The molecule has 0 amide bonds. The average molecular weight is 377 g/mol. The number of fused-ring (bicyclic) bond motifs is 1. The van der Waals surface area contributed by atoms with Crippen LogP contribution in [0.3, 0.4) is 0 Å². The molecule has 0 saturated carbocycles. The fourth-order valence-corrected chi connectivity index (χ4v) is 3.31. The van der Waals surface area contributed by atoms with Crippen molar-refractivity contribution >= 4 is 27.4 Å². The Morgan fingerprint density at radius 1 is 1.39 bits per heavy atom. The van der Waals surface area contributed by atoms with Crippen molar-refractivity contribution in [3.05, 3.63) is 29.1 Å². The van der Waals surface area contributed by atoms with E-state index in [1.165, 1.54) is 0 Å². The number of aromatic nitrogens is 5. The first-order valence-electron chi connectivity index (χ1n) is 7.52. The summed E-state index contributed by atoms with van der Waals surface area (Å²) in [6.45, 7) is 4.41. The first kappa shape index (κ1) is 14.6. The highest BCUT2D eigenvalue weighted by molar-refractivity contribution is 9.10. The van der Waals surface area contributed by atoms with Crippen molar-refractivity contribution in [2.45, 2.75) is 13.0 Å². The molecule has 1 aliphatic rings. The lowest BCUT2D eigenvalue weighted by atomic mass is 10.2. The van der Waals surface area contributed by atoms with E-state index in [4.69, 9.17) is 9.84 Å². The lowest BCUT2D eigenvalue weighted by Gasteiger charge is -2.34. The molecule has 0 bridgehead atoms. The summed E-state index contributed by atoms with van der Waals surface area (Å²) in [5.41, 5.74) is 2.84. The van der Waals surface area contributed by atoms with Crippen molar-refractivity contribution < 1.29 is 4.74 Å². The molecule has 3 aromatic rings. The van der Waals surface area contributed by atoms with Crippen LogP contribution in [0.25, 0.3) is 16.9 Å².